The molecule has 0 aliphatic rings. The van der Waals surface area contributed by atoms with Crippen molar-refractivity contribution >= 4 is 17.2 Å². The molecule has 0 saturated heterocycles. The van der Waals surface area contributed by atoms with Crippen molar-refractivity contribution < 1.29 is 5.11 Å². The van der Waals surface area contributed by atoms with Crippen LogP contribution in [0.15, 0.2) is 18.8 Å². The highest BCUT2D eigenvalue weighted by atomic mass is 35.5. The molecule has 1 aromatic heterocycles. The maximum Gasteiger partial charge on any atom is 0.134 e. The van der Waals surface area contributed by atoms with Crippen molar-refractivity contribution in [3.63, 3.8) is 0 Å². The SMILES string of the molecule is C=C(C)c1cnc(Cl)c(CO)c1. The van der Waals surface area contributed by atoms with Crippen LogP contribution in [0.5, 0.6) is 0 Å². The molecule has 1 heterocycles. The Hall–Kier alpha value is -0.860. The van der Waals surface area contributed by atoms with Crippen molar-refractivity contribution in [1.29, 1.82) is 0 Å². The predicted octanol–water partition coefficient (Wildman–Crippen LogP) is 2.26. The zero-order valence-corrected chi connectivity index (χ0v) is 7.60. The van der Waals surface area contributed by atoms with Crippen molar-refractivity contribution in [1.82, 2.24) is 4.98 Å². The monoisotopic (exact) mass is 183 g/mol. The van der Waals surface area contributed by atoms with Crippen molar-refractivity contribution in [2.45, 2.75) is 13.5 Å². The Kier molecular flexibility index (Phi) is 2.84. The maximum atomic E-state index is 8.87. The molecule has 0 aromatic carbocycles. The third-order valence-electron chi connectivity index (χ3n) is 1.57. The van der Waals surface area contributed by atoms with Crippen LogP contribution < -0.4 is 0 Å². The van der Waals surface area contributed by atoms with Gasteiger partial charge in [0.05, 0.1) is 6.61 Å². The van der Waals surface area contributed by atoms with E-state index in [-0.39, 0.29) is 6.61 Å². The zero-order chi connectivity index (χ0) is 9.14. The van der Waals surface area contributed by atoms with Crippen LogP contribution in [-0.4, -0.2) is 10.1 Å². The second-order valence-electron chi connectivity index (χ2n) is 2.61. The standard InChI is InChI=1S/C9H10ClNO/c1-6(2)7-3-8(5-12)9(10)11-4-7/h3-4,12H,1,5H2,2H3. The van der Waals surface area contributed by atoms with Crippen LogP contribution in [0.2, 0.25) is 5.15 Å². The molecule has 1 N–H and O–H groups in total. The summed E-state index contributed by atoms with van der Waals surface area (Å²) in [7, 11) is 0. The first-order valence-corrected chi connectivity index (χ1v) is 3.94. The molecule has 0 radical (unpaired) electrons. The highest BCUT2D eigenvalue weighted by Crippen LogP contribution is 2.18. The molecule has 2 nitrogen and oxygen atoms in total. The predicted molar refractivity (Wildman–Crippen MR) is 49.9 cm³/mol. The zero-order valence-electron chi connectivity index (χ0n) is 6.84. The molecule has 1 aromatic rings. The van der Waals surface area contributed by atoms with Gasteiger partial charge >= 0.3 is 0 Å². The van der Waals surface area contributed by atoms with Gasteiger partial charge in [-0.05, 0) is 24.1 Å². The lowest BCUT2D eigenvalue weighted by Gasteiger charge is -2.03. The van der Waals surface area contributed by atoms with E-state index >= 15 is 0 Å². The van der Waals surface area contributed by atoms with Crippen LogP contribution >= 0.6 is 11.6 Å². The Balaban J connectivity index is 3.13. The minimum absolute atomic E-state index is 0.0903. The summed E-state index contributed by atoms with van der Waals surface area (Å²) in [6.07, 6.45) is 1.64. The van der Waals surface area contributed by atoms with Gasteiger partial charge in [-0.3, -0.25) is 0 Å². The number of hydrogen-bond acceptors (Lipinski definition) is 2. The lowest BCUT2D eigenvalue weighted by atomic mass is 10.1. The fourth-order valence-corrected chi connectivity index (χ4v) is 1.00. The van der Waals surface area contributed by atoms with Gasteiger partial charge in [-0.25, -0.2) is 4.98 Å². The van der Waals surface area contributed by atoms with Gasteiger partial charge in [0.2, 0.25) is 0 Å². The molecular weight excluding hydrogens is 174 g/mol. The Bertz CT molecular complexity index is 309. The van der Waals surface area contributed by atoms with Crippen LogP contribution in [0.4, 0.5) is 0 Å². The number of aromatic nitrogens is 1. The fraction of sp³-hybridized carbons (Fsp3) is 0.222. The number of nitrogens with zero attached hydrogens (tertiary/aromatic N) is 1. The van der Waals surface area contributed by atoms with Crippen LogP contribution in [0.25, 0.3) is 5.57 Å². The Morgan fingerprint density at radius 3 is 2.92 bits per heavy atom. The summed E-state index contributed by atoms with van der Waals surface area (Å²) in [6, 6.07) is 1.79. The summed E-state index contributed by atoms with van der Waals surface area (Å²) in [6.45, 7) is 5.56. The number of hydrogen-bond donors (Lipinski definition) is 1. The maximum absolute atomic E-state index is 8.87. The van der Waals surface area contributed by atoms with E-state index in [4.69, 9.17) is 16.7 Å². The van der Waals surface area contributed by atoms with E-state index in [0.29, 0.717) is 10.7 Å². The van der Waals surface area contributed by atoms with Gasteiger partial charge in [-0.2, -0.15) is 0 Å². The summed E-state index contributed by atoms with van der Waals surface area (Å²) in [5.74, 6) is 0. The van der Waals surface area contributed by atoms with E-state index in [2.05, 4.69) is 11.6 Å². The van der Waals surface area contributed by atoms with Crippen LogP contribution in [-0.2, 0) is 6.61 Å². The Morgan fingerprint density at radius 1 is 1.75 bits per heavy atom. The van der Waals surface area contributed by atoms with Crippen LogP contribution in [0.3, 0.4) is 0 Å². The largest absolute Gasteiger partial charge is 0.392 e. The van der Waals surface area contributed by atoms with E-state index in [1.54, 1.807) is 12.3 Å². The average molecular weight is 184 g/mol. The first-order valence-electron chi connectivity index (χ1n) is 3.56. The minimum atomic E-state index is -0.0903. The summed E-state index contributed by atoms with van der Waals surface area (Å²) in [5.41, 5.74) is 2.45. The molecule has 0 unspecified atom stereocenters. The summed E-state index contributed by atoms with van der Waals surface area (Å²) < 4.78 is 0. The highest BCUT2D eigenvalue weighted by molar-refractivity contribution is 6.30. The lowest BCUT2D eigenvalue weighted by molar-refractivity contribution is 0.281. The molecule has 0 atom stereocenters. The topological polar surface area (TPSA) is 33.1 Å². The first kappa shape index (κ1) is 9.23. The molecule has 0 fully saturated rings. The number of aliphatic hydroxyl groups is 1. The molecule has 3 heteroatoms. The molecule has 12 heavy (non-hydrogen) atoms. The second-order valence-corrected chi connectivity index (χ2v) is 2.97. The molecule has 1 rings (SSSR count). The van der Waals surface area contributed by atoms with Crippen molar-refractivity contribution in [2.75, 3.05) is 0 Å². The van der Waals surface area contributed by atoms with Crippen molar-refractivity contribution in [3.8, 4) is 0 Å². The van der Waals surface area contributed by atoms with Gasteiger partial charge in [0.15, 0.2) is 0 Å². The van der Waals surface area contributed by atoms with Gasteiger partial charge in [-0.1, -0.05) is 18.2 Å². The quantitative estimate of drug-likeness (QED) is 0.714. The molecule has 0 bridgehead atoms. The summed E-state index contributed by atoms with van der Waals surface area (Å²) >= 11 is 5.70. The molecule has 64 valence electrons. The van der Waals surface area contributed by atoms with Gasteiger partial charge in [0.1, 0.15) is 5.15 Å². The molecule has 0 saturated carbocycles. The fourth-order valence-electron chi connectivity index (χ4n) is 0.838. The number of aliphatic hydroxyl groups excluding tert-OH is 1. The van der Waals surface area contributed by atoms with Crippen LogP contribution in [0.1, 0.15) is 18.1 Å². The van der Waals surface area contributed by atoms with Gasteiger partial charge < -0.3 is 5.11 Å². The van der Waals surface area contributed by atoms with Gasteiger partial charge in [0, 0.05) is 11.8 Å². The molecule has 0 spiro atoms. The smallest absolute Gasteiger partial charge is 0.134 e. The Labute approximate surface area is 76.5 Å². The third kappa shape index (κ3) is 1.84. The van der Waals surface area contributed by atoms with Crippen molar-refractivity contribution in [2.24, 2.45) is 0 Å². The number of pyridine rings is 1. The van der Waals surface area contributed by atoms with E-state index in [9.17, 15) is 0 Å². The highest BCUT2D eigenvalue weighted by Gasteiger charge is 2.01. The van der Waals surface area contributed by atoms with E-state index in [0.717, 1.165) is 11.1 Å². The summed E-state index contributed by atoms with van der Waals surface area (Å²) in [4.78, 5) is 3.92. The summed E-state index contributed by atoms with van der Waals surface area (Å²) in [5, 5.41) is 9.22. The number of halogens is 1. The number of rotatable bonds is 2. The molecule has 0 aliphatic carbocycles. The van der Waals surface area contributed by atoms with E-state index in [1.807, 2.05) is 6.92 Å². The Morgan fingerprint density at radius 2 is 2.42 bits per heavy atom. The molecule has 0 aliphatic heterocycles. The normalized spacial score (nSPS) is 9.92. The van der Waals surface area contributed by atoms with E-state index in [1.165, 1.54) is 0 Å². The van der Waals surface area contributed by atoms with Gasteiger partial charge in [0.25, 0.3) is 0 Å². The van der Waals surface area contributed by atoms with E-state index < -0.39 is 0 Å². The van der Waals surface area contributed by atoms with Gasteiger partial charge in [-0.15, -0.1) is 0 Å². The van der Waals surface area contributed by atoms with Crippen LogP contribution in [0, 0.1) is 0 Å². The average Bonchev–Trinajstić information content (AvgIpc) is 2.05. The molecular formula is C9H10ClNO. The molecule has 0 amide bonds. The third-order valence-corrected chi connectivity index (χ3v) is 1.92. The second kappa shape index (κ2) is 3.70. The number of allylic oxidation sites excluding steroid dienone is 1. The first-order chi connectivity index (χ1) is 5.65. The minimum Gasteiger partial charge on any atom is -0.392 e. The lowest BCUT2D eigenvalue weighted by Crippen LogP contribution is -1.90. The van der Waals surface area contributed by atoms with Crippen molar-refractivity contribution in [3.05, 3.63) is 35.1 Å².